The summed E-state index contributed by atoms with van der Waals surface area (Å²) in [5, 5.41) is 13.4. The van der Waals surface area contributed by atoms with Crippen molar-refractivity contribution in [3.05, 3.63) is 60.7 Å². The van der Waals surface area contributed by atoms with Crippen molar-refractivity contribution in [2.45, 2.75) is 46.1 Å². The summed E-state index contributed by atoms with van der Waals surface area (Å²) in [5.74, 6) is 0.690. The lowest BCUT2D eigenvalue weighted by Gasteiger charge is -2.37. The first-order valence-electron chi connectivity index (χ1n) is 10.7. The van der Waals surface area contributed by atoms with Crippen molar-refractivity contribution in [3.8, 4) is 0 Å². The van der Waals surface area contributed by atoms with Crippen molar-refractivity contribution in [2.75, 3.05) is 6.61 Å². The van der Waals surface area contributed by atoms with Gasteiger partial charge in [0.25, 0.3) is 0 Å². The first kappa shape index (κ1) is 20.5. The van der Waals surface area contributed by atoms with E-state index in [9.17, 15) is 9.90 Å². The number of fused-ring (bicyclic) bond motifs is 1. The number of rotatable bonds is 5. The molecule has 2 aromatic rings. The Kier molecular flexibility index (Phi) is 5.53. The van der Waals surface area contributed by atoms with Gasteiger partial charge in [0.1, 0.15) is 5.78 Å². The van der Waals surface area contributed by atoms with Crippen LogP contribution in [0.25, 0.3) is 0 Å². The lowest BCUT2D eigenvalue weighted by Crippen LogP contribution is -2.47. The summed E-state index contributed by atoms with van der Waals surface area (Å²) in [6, 6.07) is 20.9. The average molecular weight is 409 g/mol. The molecule has 0 bridgehead atoms. The summed E-state index contributed by atoms with van der Waals surface area (Å²) in [6.45, 7) is 7.12. The van der Waals surface area contributed by atoms with Gasteiger partial charge in [-0.15, -0.1) is 0 Å². The minimum atomic E-state index is -1.86. The van der Waals surface area contributed by atoms with Crippen LogP contribution < -0.4 is 10.4 Å². The maximum atomic E-state index is 12.5. The minimum absolute atomic E-state index is 0.0217. The summed E-state index contributed by atoms with van der Waals surface area (Å²) in [4.78, 5) is 12.5. The van der Waals surface area contributed by atoms with E-state index in [-0.39, 0.29) is 28.8 Å². The Morgan fingerprint density at radius 1 is 1.03 bits per heavy atom. The molecule has 1 N–H and O–H groups in total. The number of aliphatic hydroxyl groups is 1. The Morgan fingerprint density at radius 3 is 2.10 bits per heavy atom. The fraction of sp³-hybridized carbons (Fsp3) is 0.480. The zero-order valence-corrected chi connectivity index (χ0v) is 18.8. The molecule has 2 fully saturated rings. The molecule has 3 nitrogen and oxygen atoms in total. The molecular weight excluding hydrogens is 376 g/mol. The third kappa shape index (κ3) is 3.98. The highest BCUT2D eigenvalue weighted by molar-refractivity contribution is 6.80. The summed E-state index contributed by atoms with van der Waals surface area (Å²) in [7, 11) is -1.86. The van der Waals surface area contributed by atoms with Crippen molar-refractivity contribution in [3.63, 3.8) is 0 Å². The lowest BCUT2D eigenvalue weighted by molar-refractivity contribution is -0.118. The predicted molar refractivity (Wildman–Crippen MR) is 119 cm³/mol. The molecule has 2 aliphatic carbocycles. The van der Waals surface area contributed by atoms with Crippen molar-refractivity contribution in [1.29, 1.82) is 0 Å². The van der Waals surface area contributed by atoms with Gasteiger partial charge >= 0.3 is 0 Å². The minimum Gasteiger partial charge on any atom is -0.410 e. The van der Waals surface area contributed by atoms with E-state index in [1.54, 1.807) is 0 Å². The van der Waals surface area contributed by atoms with Crippen LogP contribution in [0.15, 0.2) is 60.7 Å². The highest BCUT2D eigenvalue weighted by Gasteiger charge is 2.60. The van der Waals surface area contributed by atoms with Crippen molar-refractivity contribution in [2.24, 2.45) is 22.7 Å². The molecule has 0 saturated heterocycles. The van der Waals surface area contributed by atoms with E-state index in [1.165, 1.54) is 10.4 Å². The van der Waals surface area contributed by atoms with Gasteiger partial charge in [0.15, 0.2) is 0 Å². The van der Waals surface area contributed by atoms with Gasteiger partial charge in [0.05, 0.1) is 6.10 Å². The molecule has 4 heteroatoms. The predicted octanol–water partition coefficient (Wildman–Crippen LogP) is 2.93. The molecule has 154 valence electrons. The lowest BCUT2D eigenvalue weighted by atomic mass is 9.70. The SMILES string of the molecule is CC(C)(C)[C@@H]1[C@H]2CC(=O)C[C@]2(CO[SiH](c2ccccc2)c2ccccc2)C[C@@H]1O. The Morgan fingerprint density at radius 2 is 1.59 bits per heavy atom. The number of benzene rings is 2. The smallest absolute Gasteiger partial charge is 0.239 e. The summed E-state index contributed by atoms with van der Waals surface area (Å²) < 4.78 is 6.74. The van der Waals surface area contributed by atoms with Crippen molar-refractivity contribution in [1.82, 2.24) is 0 Å². The second kappa shape index (κ2) is 7.82. The fourth-order valence-electron chi connectivity index (χ4n) is 5.89. The largest absolute Gasteiger partial charge is 0.410 e. The van der Waals surface area contributed by atoms with Gasteiger partial charge in [-0.1, -0.05) is 81.4 Å². The number of carbonyl (C=O) groups excluding carboxylic acids is 1. The van der Waals surface area contributed by atoms with Gasteiger partial charge in [-0.25, -0.2) is 0 Å². The van der Waals surface area contributed by atoms with Gasteiger partial charge in [0.2, 0.25) is 9.04 Å². The number of ketones is 1. The molecule has 2 aliphatic rings. The molecule has 4 rings (SSSR count). The Labute approximate surface area is 175 Å². The molecule has 0 heterocycles. The van der Waals surface area contributed by atoms with E-state index < -0.39 is 9.04 Å². The van der Waals surface area contributed by atoms with E-state index in [2.05, 4.69) is 69.3 Å². The standard InChI is InChI=1S/C25H32O3Si/c1-24(2,3)23-21-14-18(26)15-25(21,16-22(23)27)17-28-29(19-10-6-4-7-11-19)20-12-8-5-9-13-20/h4-13,21-23,27,29H,14-17H2,1-3H3/t21-,22+,23-,25-/m1/s1. The van der Waals surface area contributed by atoms with E-state index in [0.29, 0.717) is 31.7 Å². The zero-order valence-electron chi connectivity index (χ0n) is 17.7. The van der Waals surface area contributed by atoms with E-state index in [1.807, 2.05) is 12.1 Å². The molecule has 2 aromatic carbocycles. The Balaban J connectivity index is 1.62. The summed E-state index contributed by atoms with van der Waals surface area (Å²) >= 11 is 0. The highest BCUT2D eigenvalue weighted by atomic mass is 28.3. The summed E-state index contributed by atoms with van der Waals surface area (Å²) in [6.07, 6.45) is 1.46. The van der Waals surface area contributed by atoms with Crippen LogP contribution >= 0.6 is 0 Å². The van der Waals surface area contributed by atoms with Gasteiger partial charge in [-0.3, -0.25) is 4.79 Å². The highest BCUT2D eigenvalue weighted by Crippen LogP contribution is 2.60. The third-order valence-electron chi connectivity index (χ3n) is 6.99. The molecule has 0 aliphatic heterocycles. The van der Waals surface area contributed by atoms with Gasteiger partial charge in [-0.2, -0.15) is 0 Å². The van der Waals surface area contributed by atoms with Gasteiger partial charge in [0, 0.05) is 24.9 Å². The monoisotopic (exact) mass is 408 g/mol. The van der Waals surface area contributed by atoms with Crippen LogP contribution in [0.1, 0.15) is 40.0 Å². The van der Waals surface area contributed by atoms with Crippen molar-refractivity contribution < 1.29 is 14.3 Å². The number of hydrogen-bond donors (Lipinski definition) is 1. The summed E-state index contributed by atoms with van der Waals surface area (Å²) in [5.41, 5.74) is -0.241. The second-order valence-corrected chi connectivity index (χ2v) is 12.5. The molecule has 0 amide bonds. The third-order valence-corrected chi connectivity index (χ3v) is 9.47. The molecule has 0 spiro atoms. The topological polar surface area (TPSA) is 46.5 Å². The Hall–Kier alpha value is -1.75. The molecule has 29 heavy (non-hydrogen) atoms. The van der Waals surface area contributed by atoms with Crippen molar-refractivity contribution >= 4 is 25.2 Å². The van der Waals surface area contributed by atoms with E-state index in [0.717, 1.165) is 0 Å². The molecular formula is C25H32O3Si. The molecule has 0 aromatic heterocycles. The molecule has 0 radical (unpaired) electrons. The average Bonchev–Trinajstić information content (AvgIpc) is 3.12. The van der Waals surface area contributed by atoms with Crippen LogP contribution in [0.2, 0.25) is 0 Å². The normalized spacial score (nSPS) is 29.4. The van der Waals surface area contributed by atoms with Crippen LogP contribution in [-0.4, -0.2) is 32.6 Å². The van der Waals surface area contributed by atoms with Crippen LogP contribution in [0.4, 0.5) is 0 Å². The number of Topliss-reactive ketones (excluding diaryl/α,β-unsaturated/α-hetero) is 1. The quantitative estimate of drug-likeness (QED) is 0.774. The number of carbonyl (C=O) groups is 1. The maximum absolute atomic E-state index is 12.5. The van der Waals surface area contributed by atoms with Gasteiger partial charge in [-0.05, 0) is 34.0 Å². The fourth-order valence-corrected chi connectivity index (χ4v) is 8.30. The first-order valence-corrected chi connectivity index (χ1v) is 12.3. The van der Waals surface area contributed by atoms with E-state index >= 15 is 0 Å². The van der Waals surface area contributed by atoms with Crippen LogP contribution in [-0.2, 0) is 9.22 Å². The molecule has 2 saturated carbocycles. The number of hydrogen-bond acceptors (Lipinski definition) is 3. The molecule has 4 atom stereocenters. The van der Waals surface area contributed by atoms with Crippen LogP contribution in [0, 0.1) is 22.7 Å². The second-order valence-electron chi connectivity index (χ2n) is 10.1. The first-order chi connectivity index (χ1) is 13.8. The van der Waals surface area contributed by atoms with E-state index in [4.69, 9.17) is 4.43 Å². The van der Waals surface area contributed by atoms with Crippen LogP contribution in [0.5, 0.6) is 0 Å². The number of aliphatic hydroxyl groups excluding tert-OH is 1. The maximum Gasteiger partial charge on any atom is 0.239 e. The zero-order chi connectivity index (χ0) is 20.6. The van der Waals surface area contributed by atoms with Gasteiger partial charge < -0.3 is 9.53 Å². The van der Waals surface area contributed by atoms with Crippen LogP contribution in [0.3, 0.4) is 0 Å². The Bertz CT molecular complexity index is 806. The molecule has 0 unspecified atom stereocenters.